The first kappa shape index (κ1) is 28.5. The molecule has 0 spiro atoms. The van der Waals surface area contributed by atoms with Crippen molar-refractivity contribution in [3.63, 3.8) is 0 Å². The minimum atomic E-state index is -2.68. The molecule has 1 N–H and O–H groups in total. The van der Waals surface area contributed by atoms with Crippen LogP contribution in [0.4, 0.5) is 39.7 Å². The lowest BCUT2D eigenvalue weighted by atomic mass is 9.82. The molecule has 6 rings (SSSR count). The maximum Gasteiger partial charge on any atom is 0.410 e. The van der Waals surface area contributed by atoms with Crippen LogP contribution in [0.25, 0.3) is 11.0 Å². The zero-order chi connectivity index (χ0) is 30.0. The van der Waals surface area contributed by atoms with Gasteiger partial charge in [0.2, 0.25) is 5.92 Å². The molecule has 0 unspecified atom stereocenters. The highest BCUT2D eigenvalue weighted by atomic mass is 35.5. The maximum atomic E-state index is 15.3. The van der Waals surface area contributed by atoms with Crippen molar-refractivity contribution in [1.29, 1.82) is 0 Å². The quantitative estimate of drug-likeness (QED) is 0.325. The van der Waals surface area contributed by atoms with E-state index < -0.39 is 29.3 Å². The van der Waals surface area contributed by atoms with Crippen LogP contribution >= 0.6 is 11.6 Å². The van der Waals surface area contributed by atoms with Crippen LogP contribution in [0.2, 0.25) is 5.02 Å². The van der Waals surface area contributed by atoms with Crippen LogP contribution in [0.3, 0.4) is 0 Å². The van der Waals surface area contributed by atoms with E-state index in [9.17, 15) is 13.6 Å². The van der Waals surface area contributed by atoms with E-state index in [0.29, 0.717) is 19.5 Å². The van der Waals surface area contributed by atoms with Gasteiger partial charge in [-0.15, -0.1) is 0 Å². The lowest BCUT2D eigenvalue weighted by Crippen LogP contribution is -2.50. The van der Waals surface area contributed by atoms with Gasteiger partial charge in [0, 0.05) is 37.9 Å². The van der Waals surface area contributed by atoms with E-state index in [1.807, 2.05) is 4.90 Å². The number of aromatic nitrogens is 3. The summed E-state index contributed by atoms with van der Waals surface area (Å²) in [6.45, 7) is 6.16. The lowest BCUT2D eigenvalue weighted by molar-refractivity contribution is -0.119. The molecule has 2 saturated heterocycles. The highest BCUT2D eigenvalue weighted by Crippen LogP contribution is 2.43. The SMILES string of the molecule is CC(C)(C)OC(=O)N1C[C@@H]2C[C@H]1CN2c1nc2c(Nc3ccc(OCC4CC(F)(F)C4)c(Cl)c3F)ncnc2cc1F. The largest absolute Gasteiger partial charge is 0.492 e. The Morgan fingerprint density at radius 3 is 2.60 bits per heavy atom. The molecule has 42 heavy (non-hydrogen) atoms. The Labute approximate surface area is 244 Å². The number of halogens is 5. The number of ether oxygens (including phenoxy) is 2. The molecule has 3 aliphatic rings. The molecular formula is C28H29ClF4N6O3. The second-order valence-corrected chi connectivity index (χ2v) is 12.4. The Balaban J connectivity index is 1.20. The molecule has 2 aromatic heterocycles. The molecule has 224 valence electrons. The number of nitrogens with one attached hydrogen (secondary N) is 1. The first-order valence-corrected chi connectivity index (χ1v) is 14.0. The fourth-order valence-corrected chi connectivity index (χ4v) is 5.91. The average molecular weight is 609 g/mol. The number of likely N-dealkylation sites (tertiary alicyclic amines) is 1. The summed E-state index contributed by atoms with van der Waals surface area (Å²) in [6.07, 6.45) is 0.903. The predicted octanol–water partition coefficient (Wildman–Crippen LogP) is 6.32. The number of carbonyl (C=O) groups excluding carboxylic acids is 1. The monoisotopic (exact) mass is 608 g/mol. The minimum Gasteiger partial charge on any atom is -0.492 e. The van der Waals surface area contributed by atoms with Crippen LogP contribution in [0, 0.1) is 17.6 Å². The minimum absolute atomic E-state index is 0.00419. The van der Waals surface area contributed by atoms with Gasteiger partial charge in [0.05, 0.1) is 29.9 Å². The van der Waals surface area contributed by atoms with Gasteiger partial charge >= 0.3 is 6.09 Å². The number of alkyl halides is 2. The number of amides is 1. The van der Waals surface area contributed by atoms with Crippen molar-refractivity contribution in [1.82, 2.24) is 19.9 Å². The highest BCUT2D eigenvalue weighted by Gasteiger charge is 2.48. The fourth-order valence-electron chi connectivity index (χ4n) is 5.69. The van der Waals surface area contributed by atoms with Gasteiger partial charge in [-0.3, -0.25) is 0 Å². The second kappa shape index (κ2) is 10.3. The summed E-state index contributed by atoms with van der Waals surface area (Å²) in [6, 6.07) is 3.76. The van der Waals surface area contributed by atoms with Crippen LogP contribution in [-0.4, -0.2) is 69.2 Å². The van der Waals surface area contributed by atoms with Crippen molar-refractivity contribution in [2.45, 2.75) is 63.6 Å². The van der Waals surface area contributed by atoms with Gasteiger partial charge in [0.25, 0.3) is 0 Å². The summed E-state index contributed by atoms with van der Waals surface area (Å²) < 4.78 is 67.7. The zero-order valence-corrected chi connectivity index (χ0v) is 23.9. The van der Waals surface area contributed by atoms with Crippen LogP contribution in [0.15, 0.2) is 24.5 Å². The standard InChI is InChI=1S/C28H29ClF4N6O3/c1-27(2,3)42-26(40)39-11-15-6-16(39)10-38(15)25-17(30)7-19-23(37-25)24(35-13-34-19)36-18-4-5-20(21(29)22(18)31)41-12-14-8-28(32,33)9-14/h4-5,7,13-16H,6,8-12H2,1-3H3,(H,34,35,36)/t15-,16-/m0/s1. The normalized spacial score (nSPS) is 21.5. The van der Waals surface area contributed by atoms with E-state index in [0.717, 1.165) is 0 Å². The van der Waals surface area contributed by atoms with Crippen molar-refractivity contribution in [2.24, 2.45) is 5.92 Å². The summed E-state index contributed by atoms with van der Waals surface area (Å²) in [5, 5.41) is 2.54. The maximum absolute atomic E-state index is 15.3. The van der Waals surface area contributed by atoms with E-state index in [1.165, 1.54) is 24.5 Å². The predicted molar refractivity (Wildman–Crippen MR) is 148 cm³/mol. The van der Waals surface area contributed by atoms with Crippen molar-refractivity contribution < 1.29 is 31.8 Å². The van der Waals surface area contributed by atoms with Gasteiger partial charge in [-0.25, -0.2) is 37.3 Å². The summed E-state index contributed by atoms with van der Waals surface area (Å²) in [5.41, 5.74) is -0.246. The van der Waals surface area contributed by atoms with Gasteiger partial charge in [-0.1, -0.05) is 11.6 Å². The number of rotatable bonds is 6. The highest BCUT2D eigenvalue weighted by molar-refractivity contribution is 6.32. The molecule has 2 aliphatic heterocycles. The summed E-state index contributed by atoms with van der Waals surface area (Å²) >= 11 is 6.19. The number of fused-ring (bicyclic) bond motifs is 3. The molecule has 3 aromatic rings. The van der Waals surface area contributed by atoms with Crippen molar-refractivity contribution in [2.75, 3.05) is 29.9 Å². The summed E-state index contributed by atoms with van der Waals surface area (Å²) in [5.74, 6) is -4.17. The van der Waals surface area contributed by atoms with Crippen molar-refractivity contribution in [3.8, 4) is 5.75 Å². The third-order valence-corrected chi connectivity index (χ3v) is 7.99. The van der Waals surface area contributed by atoms with E-state index >= 15 is 8.78 Å². The summed E-state index contributed by atoms with van der Waals surface area (Å²) in [4.78, 5) is 29.0. The van der Waals surface area contributed by atoms with Gasteiger partial charge < -0.3 is 24.6 Å². The van der Waals surface area contributed by atoms with Crippen LogP contribution < -0.4 is 15.0 Å². The van der Waals surface area contributed by atoms with Crippen molar-refractivity contribution >= 4 is 46.1 Å². The Hall–Kier alpha value is -3.61. The first-order valence-electron chi connectivity index (χ1n) is 13.6. The Morgan fingerprint density at radius 2 is 1.93 bits per heavy atom. The summed E-state index contributed by atoms with van der Waals surface area (Å²) in [7, 11) is 0. The van der Waals surface area contributed by atoms with E-state index in [1.54, 1.807) is 25.7 Å². The molecule has 14 heteroatoms. The Morgan fingerprint density at radius 1 is 1.17 bits per heavy atom. The molecule has 0 radical (unpaired) electrons. The first-order chi connectivity index (χ1) is 19.8. The topological polar surface area (TPSA) is 92.7 Å². The van der Waals surface area contributed by atoms with Gasteiger partial charge in [-0.2, -0.15) is 0 Å². The lowest BCUT2D eigenvalue weighted by Gasteiger charge is -2.35. The number of benzene rings is 1. The number of nitrogens with zero attached hydrogens (tertiary/aromatic N) is 5. The van der Waals surface area contributed by atoms with Gasteiger partial charge in [-0.05, 0) is 39.3 Å². The molecule has 2 bridgehead atoms. The number of carbonyl (C=O) groups is 1. The molecule has 1 aromatic carbocycles. The molecule has 1 aliphatic carbocycles. The number of hydrogen-bond donors (Lipinski definition) is 1. The van der Waals surface area contributed by atoms with Crippen LogP contribution in [0.5, 0.6) is 5.75 Å². The van der Waals surface area contributed by atoms with E-state index in [-0.39, 0.29) is 76.6 Å². The molecule has 4 heterocycles. The van der Waals surface area contributed by atoms with Crippen molar-refractivity contribution in [3.05, 3.63) is 41.2 Å². The van der Waals surface area contributed by atoms with E-state index in [4.69, 9.17) is 21.1 Å². The molecule has 1 amide bonds. The molecular weight excluding hydrogens is 580 g/mol. The van der Waals surface area contributed by atoms with Crippen LogP contribution in [0.1, 0.15) is 40.0 Å². The second-order valence-electron chi connectivity index (χ2n) is 12.0. The van der Waals surface area contributed by atoms with Gasteiger partial charge in [0.1, 0.15) is 28.2 Å². The van der Waals surface area contributed by atoms with Crippen LogP contribution in [-0.2, 0) is 4.74 Å². The zero-order valence-electron chi connectivity index (χ0n) is 23.1. The number of anilines is 3. The fraction of sp³-hybridized carbons (Fsp3) is 0.500. The average Bonchev–Trinajstić information content (AvgIpc) is 3.50. The molecule has 9 nitrogen and oxygen atoms in total. The smallest absolute Gasteiger partial charge is 0.410 e. The Bertz CT molecular complexity index is 1550. The molecule has 2 atom stereocenters. The van der Waals surface area contributed by atoms with Gasteiger partial charge in [0.15, 0.2) is 23.3 Å². The van der Waals surface area contributed by atoms with E-state index in [2.05, 4.69) is 20.3 Å². The third-order valence-electron chi connectivity index (χ3n) is 7.64. The number of pyridine rings is 1. The number of piperazine rings is 1. The third kappa shape index (κ3) is 5.46. The Kier molecular flexibility index (Phi) is 6.98. The molecule has 1 saturated carbocycles. The number of hydrogen-bond acceptors (Lipinski definition) is 8. The molecule has 3 fully saturated rings.